The monoisotopic (exact) mass is 629 g/mol. The van der Waals surface area contributed by atoms with E-state index >= 15 is 0 Å². The van der Waals surface area contributed by atoms with Crippen LogP contribution in [0, 0.1) is 63.1 Å². The third-order valence-corrected chi connectivity index (χ3v) is 11.6. The average molecular weight is 630 g/mol. The molecule has 4 aliphatic carbocycles. The smallest absolute Gasteiger partial charge is 0.0992 e. The van der Waals surface area contributed by atoms with Crippen LogP contribution in [0.25, 0.3) is 49.7 Å². The first kappa shape index (κ1) is 29.0. The molecule has 0 radical (unpaired) electrons. The fourth-order valence-corrected chi connectivity index (χ4v) is 10.0. The van der Waals surface area contributed by atoms with E-state index in [0.29, 0.717) is 22.3 Å². The Hall–Kier alpha value is -6.14. The van der Waals surface area contributed by atoms with Gasteiger partial charge in [0.05, 0.1) is 57.6 Å². The highest BCUT2D eigenvalue weighted by atomic mass is 15.0. The SMILES string of the molecule is N#Cc1cc(C#N)cc(-c2ccc3c(c2)c2cc(-c4cc(C#N)cc(C#N)c4)ccc2n3-c2ccccc2C23CC4CC(CC(C4)C2)C3)c1. The Morgan fingerprint density at radius 3 is 1.35 bits per heavy atom. The Morgan fingerprint density at radius 2 is 0.918 bits per heavy atom. The van der Waals surface area contributed by atoms with Crippen molar-refractivity contribution < 1.29 is 0 Å². The molecule has 0 saturated heterocycles. The van der Waals surface area contributed by atoms with E-state index in [9.17, 15) is 21.0 Å². The van der Waals surface area contributed by atoms with Crippen molar-refractivity contribution in [1.82, 2.24) is 4.57 Å². The lowest BCUT2D eigenvalue weighted by Crippen LogP contribution is -2.48. The van der Waals surface area contributed by atoms with Gasteiger partial charge in [0.2, 0.25) is 0 Å². The lowest BCUT2D eigenvalue weighted by atomic mass is 9.48. The molecule has 4 aliphatic rings. The van der Waals surface area contributed by atoms with E-state index in [1.165, 1.54) is 49.8 Å². The summed E-state index contributed by atoms with van der Waals surface area (Å²) in [7, 11) is 0. The number of hydrogen-bond donors (Lipinski definition) is 0. The summed E-state index contributed by atoms with van der Waals surface area (Å²) in [4.78, 5) is 0. The molecule has 49 heavy (non-hydrogen) atoms. The zero-order valence-electron chi connectivity index (χ0n) is 26.9. The highest BCUT2D eigenvalue weighted by Crippen LogP contribution is 2.61. The van der Waals surface area contributed by atoms with Gasteiger partial charge in [-0.15, -0.1) is 0 Å². The van der Waals surface area contributed by atoms with E-state index in [0.717, 1.165) is 61.8 Å². The van der Waals surface area contributed by atoms with Crippen LogP contribution < -0.4 is 0 Å². The number of fused-ring (bicyclic) bond motifs is 3. The van der Waals surface area contributed by atoms with Gasteiger partial charge in [0.1, 0.15) is 0 Å². The largest absolute Gasteiger partial charge is 0.309 e. The predicted molar refractivity (Wildman–Crippen MR) is 190 cm³/mol. The topological polar surface area (TPSA) is 100 Å². The molecule has 0 atom stereocenters. The molecule has 5 aromatic carbocycles. The van der Waals surface area contributed by atoms with Crippen molar-refractivity contribution in [1.29, 1.82) is 21.0 Å². The number of nitrogens with zero attached hydrogens (tertiary/aromatic N) is 5. The Balaban J connectivity index is 1.30. The number of aromatic nitrogens is 1. The second-order valence-corrected chi connectivity index (χ2v) is 14.6. The summed E-state index contributed by atoms with van der Waals surface area (Å²) in [6.07, 6.45) is 7.99. The van der Waals surface area contributed by atoms with Crippen LogP contribution in [0.2, 0.25) is 0 Å². The maximum atomic E-state index is 9.70. The van der Waals surface area contributed by atoms with E-state index in [2.05, 4.69) is 89.5 Å². The van der Waals surface area contributed by atoms with E-state index in [4.69, 9.17) is 0 Å². The molecule has 10 rings (SSSR count). The normalized spacial score (nSPS) is 22.0. The van der Waals surface area contributed by atoms with E-state index in [1.54, 1.807) is 12.1 Å². The van der Waals surface area contributed by atoms with Crippen LogP contribution in [-0.4, -0.2) is 4.57 Å². The number of para-hydroxylation sites is 1. The molecule has 4 bridgehead atoms. The highest BCUT2D eigenvalue weighted by molar-refractivity contribution is 6.11. The van der Waals surface area contributed by atoms with Crippen LogP contribution in [0.1, 0.15) is 66.3 Å². The first-order valence-corrected chi connectivity index (χ1v) is 17.1. The van der Waals surface area contributed by atoms with Gasteiger partial charge in [-0.1, -0.05) is 30.3 Å². The Kier molecular flexibility index (Phi) is 6.49. The minimum Gasteiger partial charge on any atom is -0.309 e. The lowest BCUT2D eigenvalue weighted by Gasteiger charge is -2.57. The fraction of sp³-hybridized carbons (Fsp3) is 0.227. The fourth-order valence-electron chi connectivity index (χ4n) is 10.0. The maximum Gasteiger partial charge on any atom is 0.0992 e. The van der Waals surface area contributed by atoms with Crippen molar-refractivity contribution in [3.05, 3.63) is 125 Å². The van der Waals surface area contributed by atoms with Crippen molar-refractivity contribution in [2.45, 2.75) is 43.9 Å². The van der Waals surface area contributed by atoms with Crippen LogP contribution in [0.4, 0.5) is 0 Å². The van der Waals surface area contributed by atoms with Crippen molar-refractivity contribution in [2.75, 3.05) is 0 Å². The van der Waals surface area contributed by atoms with Crippen LogP contribution in [0.5, 0.6) is 0 Å². The van der Waals surface area contributed by atoms with Gasteiger partial charge < -0.3 is 4.57 Å². The molecule has 5 heteroatoms. The molecule has 0 amide bonds. The molecule has 0 aliphatic heterocycles. The minimum atomic E-state index is 0.199. The number of nitriles is 4. The molecular weight excluding hydrogens is 599 g/mol. The molecule has 232 valence electrons. The summed E-state index contributed by atoms with van der Waals surface area (Å²) in [5.41, 5.74) is 10.4. The lowest BCUT2D eigenvalue weighted by molar-refractivity contribution is -0.00515. The quantitative estimate of drug-likeness (QED) is 0.194. The van der Waals surface area contributed by atoms with Crippen LogP contribution >= 0.6 is 0 Å². The number of rotatable bonds is 4. The van der Waals surface area contributed by atoms with E-state index < -0.39 is 0 Å². The van der Waals surface area contributed by atoms with Gasteiger partial charge in [-0.05, 0) is 156 Å². The van der Waals surface area contributed by atoms with Gasteiger partial charge in [0.15, 0.2) is 0 Å². The van der Waals surface area contributed by atoms with Crippen molar-refractivity contribution in [2.24, 2.45) is 17.8 Å². The van der Waals surface area contributed by atoms with E-state index in [1.807, 2.05) is 24.3 Å². The molecule has 6 aromatic rings. The summed E-state index contributed by atoms with van der Waals surface area (Å²) in [6, 6.07) is 41.4. The first-order chi connectivity index (χ1) is 24.0. The predicted octanol–water partition coefficient (Wildman–Crippen LogP) is 10.1. The standard InChI is InChI=1S/C44H31N5/c45-23-30-12-31(24-46)15-36(14-30)34-5-7-41-38(18-34)39-19-35(37-16-32(25-47)13-33(17-37)26-48)6-8-42(39)49(41)43-4-2-1-3-40(43)44-20-27-9-28(21-44)11-29(10-27)22-44/h1-8,12-19,27-29H,9-11,20-22H2. The van der Waals surface area contributed by atoms with Crippen molar-refractivity contribution in [3.8, 4) is 52.2 Å². The second kappa shape index (κ2) is 11.0. The first-order valence-electron chi connectivity index (χ1n) is 17.1. The maximum absolute atomic E-state index is 9.70. The third kappa shape index (κ3) is 4.63. The average Bonchev–Trinajstić information content (AvgIpc) is 3.46. The Bertz CT molecular complexity index is 2310. The van der Waals surface area contributed by atoms with Gasteiger partial charge in [0.25, 0.3) is 0 Å². The van der Waals surface area contributed by atoms with Crippen LogP contribution in [0.3, 0.4) is 0 Å². The molecule has 0 unspecified atom stereocenters. The van der Waals surface area contributed by atoms with Gasteiger partial charge in [0, 0.05) is 16.5 Å². The number of hydrogen-bond acceptors (Lipinski definition) is 4. The zero-order chi connectivity index (χ0) is 33.3. The summed E-state index contributed by atoms with van der Waals surface area (Å²) in [5.74, 6) is 2.48. The molecule has 4 saturated carbocycles. The molecule has 1 aromatic heterocycles. The molecular formula is C44H31N5. The number of benzene rings is 5. The summed E-state index contributed by atoms with van der Waals surface area (Å²) < 4.78 is 2.44. The van der Waals surface area contributed by atoms with Gasteiger partial charge in [-0.2, -0.15) is 21.0 Å². The summed E-state index contributed by atoms with van der Waals surface area (Å²) in [5, 5.41) is 40.9. The van der Waals surface area contributed by atoms with Crippen molar-refractivity contribution in [3.63, 3.8) is 0 Å². The van der Waals surface area contributed by atoms with Gasteiger partial charge >= 0.3 is 0 Å². The van der Waals surface area contributed by atoms with Gasteiger partial charge in [-0.25, -0.2) is 0 Å². The third-order valence-electron chi connectivity index (χ3n) is 11.6. The molecule has 1 heterocycles. The highest BCUT2D eigenvalue weighted by Gasteiger charge is 2.52. The van der Waals surface area contributed by atoms with Crippen LogP contribution in [0.15, 0.2) is 97.1 Å². The minimum absolute atomic E-state index is 0.199. The van der Waals surface area contributed by atoms with E-state index in [-0.39, 0.29) is 5.41 Å². The Labute approximate surface area is 285 Å². The molecule has 0 spiro atoms. The second-order valence-electron chi connectivity index (χ2n) is 14.6. The summed E-state index contributed by atoms with van der Waals surface area (Å²) >= 11 is 0. The molecule has 0 N–H and O–H groups in total. The van der Waals surface area contributed by atoms with Gasteiger partial charge in [-0.3, -0.25) is 0 Å². The molecule has 5 nitrogen and oxygen atoms in total. The van der Waals surface area contributed by atoms with Crippen LogP contribution in [-0.2, 0) is 5.41 Å². The zero-order valence-corrected chi connectivity index (χ0v) is 26.9. The summed E-state index contributed by atoms with van der Waals surface area (Å²) in [6.45, 7) is 0. The molecule has 4 fully saturated rings. The van der Waals surface area contributed by atoms with Crippen molar-refractivity contribution >= 4 is 21.8 Å². The Morgan fingerprint density at radius 1 is 0.490 bits per heavy atom.